The third-order valence-corrected chi connectivity index (χ3v) is 6.68. The first-order chi connectivity index (χ1) is 16.5. The highest BCUT2D eigenvalue weighted by Gasteiger charge is 2.29. The van der Waals surface area contributed by atoms with E-state index >= 15 is 0 Å². The molecule has 0 heterocycles. The number of carbonyl (C=O) groups is 2. The first-order valence-corrected chi connectivity index (χ1v) is 11.8. The van der Waals surface area contributed by atoms with E-state index in [0.717, 1.165) is 0 Å². The summed E-state index contributed by atoms with van der Waals surface area (Å²) >= 11 is 5.76. The molecule has 0 saturated carbocycles. The van der Waals surface area contributed by atoms with Crippen molar-refractivity contribution < 1.29 is 36.7 Å². The molecule has 0 unspecified atom stereocenters. The van der Waals surface area contributed by atoms with E-state index in [9.17, 15) is 26.8 Å². The quantitative estimate of drug-likeness (QED) is 0.282. The van der Waals surface area contributed by atoms with Crippen LogP contribution in [0.15, 0.2) is 54.1 Å². The zero-order chi connectivity index (χ0) is 26.2. The Morgan fingerprint density at radius 2 is 1.71 bits per heavy atom. The van der Waals surface area contributed by atoms with Crippen LogP contribution in [0.4, 0.5) is 8.78 Å². The molecule has 0 aliphatic rings. The van der Waals surface area contributed by atoms with E-state index in [1.54, 1.807) is 0 Å². The summed E-state index contributed by atoms with van der Waals surface area (Å²) in [7, 11) is -3.23. The van der Waals surface area contributed by atoms with Crippen molar-refractivity contribution in [1.29, 1.82) is 0 Å². The molecule has 0 fully saturated rings. The van der Waals surface area contributed by atoms with Gasteiger partial charge in [0.1, 0.15) is 5.75 Å². The second kappa shape index (κ2) is 12.4. The fraction of sp³-hybridized carbons (Fsp3) is 0.238. The summed E-state index contributed by atoms with van der Waals surface area (Å²) in [6.45, 7) is 2.03. The highest BCUT2D eigenvalue weighted by atomic mass is 35.5. The van der Waals surface area contributed by atoms with E-state index < -0.39 is 44.8 Å². The van der Waals surface area contributed by atoms with Crippen LogP contribution in [-0.2, 0) is 19.6 Å². The molecule has 0 aromatic heterocycles. The van der Waals surface area contributed by atoms with E-state index in [4.69, 9.17) is 21.5 Å². The van der Waals surface area contributed by atoms with Gasteiger partial charge in [-0.15, -0.1) is 0 Å². The summed E-state index contributed by atoms with van der Waals surface area (Å²) < 4.78 is 61.4. The van der Waals surface area contributed by atoms with Crippen LogP contribution in [0.1, 0.15) is 0 Å². The van der Waals surface area contributed by atoms with Crippen LogP contribution in [0.25, 0.3) is 0 Å². The van der Waals surface area contributed by atoms with Gasteiger partial charge in [-0.2, -0.15) is 4.31 Å². The molecule has 3 N–H and O–H groups in total. The summed E-state index contributed by atoms with van der Waals surface area (Å²) in [6, 6.07) is 6.70. The van der Waals surface area contributed by atoms with Gasteiger partial charge >= 0.3 is 0 Å². The molecule has 2 aromatic carbocycles. The van der Waals surface area contributed by atoms with Gasteiger partial charge in [0.2, 0.25) is 15.9 Å². The van der Waals surface area contributed by atoms with Gasteiger partial charge in [0.25, 0.3) is 5.91 Å². The number of nitrogens with zero attached hydrogens (tertiary/aromatic N) is 2. The Hall–Kier alpha value is -3.26. The molecule has 14 heteroatoms. The molecule has 190 valence electrons. The monoisotopic (exact) mass is 532 g/mol. The smallest absolute Gasteiger partial charge is 0.258 e. The Kier molecular flexibility index (Phi) is 9.95. The first kappa shape index (κ1) is 28.0. The van der Waals surface area contributed by atoms with E-state index in [2.05, 4.69) is 11.9 Å². The average molecular weight is 533 g/mol. The van der Waals surface area contributed by atoms with Crippen LogP contribution in [0.5, 0.6) is 11.5 Å². The Morgan fingerprint density at radius 1 is 1.11 bits per heavy atom. The SMILES string of the molecule is C=CN(CCN(CC(=O)NO)S(=O)(=O)c1cc(F)c(Oc2ccc(Cl)cc2)c(F)c1)CC(=O)NC. The van der Waals surface area contributed by atoms with Crippen molar-refractivity contribution in [2.24, 2.45) is 0 Å². The van der Waals surface area contributed by atoms with Crippen molar-refractivity contribution in [3.05, 3.63) is 65.8 Å². The predicted molar refractivity (Wildman–Crippen MR) is 122 cm³/mol. The van der Waals surface area contributed by atoms with Crippen LogP contribution >= 0.6 is 11.6 Å². The van der Waals surface area contributed by atoms with Crippen molar-refractivity contribution in [2.45, 2.75) is 4.90 Å². The largest absolute Gasteiger partial charge is 0.451 e. The van der Waals surface area contributed by atoms with Crippen LogP contribution in [0.3, 0.4) is 0 Å². The summed E-state index contributed by atoms with van der Waals surface area (Å²) in [5, 5.41) is 11.6. The van der Waals surface area contributed by atoms with Gasteiger partial charge < -0.3 is 15.0 Å². The molecule has 35 heavy (non-hydrogen) atoms. The lowest BCUT2D eigenvalue weighted by Crippen LogP contribution is -2.44. The lowest BCUT2D eigenvalue weighted by molar-refractivity contribution is -0.129. The highest BCUT2D eigenvalue weighted by molar-refractivity contribution is 7.89. The number of rotatable bonds is 12. The van der Waals surface area contributed by atoms with Crippen molar-refractivity contribution >= 4 is 33.4 Å². The number of sulfonamides is 1. The maximum atomic E-state index is 14.7. The van der Waals surface area contributed by atoms with Crippen molar-refractivity contribution in [1.82, 2.24) is 20.0 Å². The standard InChI is InChI=1S/C21H23ClF2N4O6S/c1-3-27(12-19(29)25-2)8-9-28(13-20(30)26-31)35(32,33)16-10-17(23)21(18(24)11-16)34-15-6-4-14(22)5-7-15/h3-7,10-11,31H,1,8-9,12-13H2,2H3,(H,25,29)(H,26,30). The Morgan fingerprint density at radius 3 is 2.23 bits per heavy atom. The highest BCUT2D eigenvalue weighted by Crippen LogP contribution is 2.31. The minimum atomic E-state index is -4.64. The molecule has 0 aliphatic heterocycles. The van der Waals surface area contributed by atoms with Gasteiger partial charge in [0, 0.05) is 25.2 Å². The van der Waals surface area contributed by atoms with Crippen LogP contribution in [0.2, 0.25) is 5.02 Å². The summed E-state index contributed by atoms with van der Waals surface area (Å²) in [4.78, 5) is 23.9. The third-order valence-electron chi connectivity index (χ3n) is 4.61. The lowest BCUT2D eigenvalue weighted by Gasteiger charge is -2.25. The van der Waals surface area contributed by atoms with Gasteiger partial charge in [-0.05, 0) is 42.6 Å². The third kappa shape index (κ3) is 7.62. The Bertz CT molecular complexity index is 1160. The Balaban J connectivity index is 2.33. The molecular formula is C21H23ClF2N4O6S. The van der Waals surface area contributed by atoms with Gasteiger partial charge in [-0.25, -0.2) is 22.7 Å². The predicted octanol–water partition coefficient (Wildman–Crippen LogP) is 2.10. The summed E-state index contributed by atoms with van der Waals surface area (Å²) in [6.07, 6.45) is 1.29. The molecule has 0 saturated heterocycles. The second-order valence-electron chi connectivity index (χ2n) is 6.97. The van der Waals surface area contributed by atoms with E-state index in [0.29, 0.717) is 21.5 Å². The lowest BCUT2D eigenvalue weighted by atomic mass is 10.3. The molecule has 2 amide bonds. The number of hydrogen-bond donors (Lipinski definition) is 3. The normalized spacial score (nSPS) is 11.1. The number of benzene rings is 2. The number of likely N-dealkylation sites (N-methyl/N-ethyl adjacent to an activating group) is 1. The van der Waals surface area contributed by atoms with E-state index in [1.165, 1.54) is 47.9 Å². The minimum absolute atomic E-state index is 0.0599. The van der Waals surface area contributed by atoms with Gasteiger partial charge in [-0.1, -0.05) is 18.2 Å². The number of hydroxylamine groups is 1. The fourth-order valence-corrected chi connectivity index (χ4v) is 4.31. The van der Waals surface area contributed by atoms with Gasteiger partial charge in [0.05, 0.1) is 18.0 Å². The van der Waals surface area contributed by atoms with Gasteiger partial charge in [-0.3, -0.25) is 14.8 Å². The Labute approximate surface area is 205 Å². The van der Waals surface area contributed by atoms with E-state index in [-0.39, 0.29) is 31.3 Å². The molecular weight excluding hydrogens is 510 g/mol. The molecule has 0 atom stereocenters. The van der Waals surface area contributed by atoms with Crippen molar-refractivity contribution in [3.63, 3.8) is 0 Å². The van der Waals surface area contributed by atoms with E-state index in [1.807, 2.05) is 0 Å². The number of nitrogens with one attached hydrogen (secondary N) is 2. The number of amides is 2. The second-order valence-corrected chi connectivity index (χ2v) is 9.35. The molecule has 0 aliphatic carbocycles. The summed E-state index contributed by atoms with van der Waals surface area (Å²) in [5.74, 6) is -4.87. The number of halogens is 3. The number of hydrogen-bond acceptors (Lipinski definition) is 7. The zero-order valence-electron chi connectivity index (χ0n) is 18.5. The average Bonchev–Trinajstić information content (AvgIpc) is 2.83. The van der Waals surface area contributed by atoms with Crippen molar-refractivity contribution in [3.8, 4) is 11.5 Å². The maximum absolute atomic E-state index is 14.7. The molecule has 10 nitrogen and oxygen atoms in total. The molecule has 0 radical (unpaired) electrons. The number of carbonyl (C=O) groups excluding carboxylic acids is 2. The molecule has 2 aromatic rings. The van der Waals surface area contributed by atoms with Gasteiger partial charge in [0.15, 0.2) is 17.4 Å². The zero-order valence-corrected chi connectivity index (χ0v) is 20.1. The molecule has 0 bridgehead atoms. The molecule has 0 spiro atoms. The minimum Gasteiger partial charge on any atom is -0.451 e. The number of ether oxygens (including phenoxy) is 1. The fourth-order valence-electron chi connectivity index (χ4n) is 2.77. The topological polar surface area (TPSA) is 128 Å². The van der Waals surface area contributed by atoms with Crippen molar-refractivity contribution in [2.75, 3.05) is 33.2 Å². The maximum Gasteiger partial charge on any atom is 0.258 e. The van der Waals surface area contributed by atoms with Crippen LogP contribution < -0.4 is 15.5 Å². The van der Waals surface area contributed by atoms with Crippen LogP contribution in [0, 0.1) is 11.6 Å². The molecule has 2 rings (SSSR count). The first-order valence-electron chi connectivity index (χ1n) is 9.94. The van der Waals surface area contributed by atoms with Crippen LogP contribution in [-0.4, -0.2) is 67.9 Å². The summed E-state index contributed by atoms with van der Waals surface area (Å²) in [5.41, 5.74) is 1.30.